The van der Waals surface area contributed by atoms with Crippen LogP contribution < -0.4 is 5.11 Å². The number of ether oxygens (including phenoxy) is 2. The van der Waals surface area contributed by atoms with Gasteiger partial charge in [-0.05, 0) is 78.7 Å². The van der Waals surface area contributed by atoms with Gasteiger partial charge >= 0.3 is 18.2 Å². The fraction of sp³-hybridized carbons (Fsp3) is 0.714. The molecule has 0 spiro atoms. The summed E-state index contributed by atoms with van der Waals surface area (Å²) < 4.78 is 10.5. The number of aliphatic carboxylic acids is 2. The monoisotopic (exact) mass is 633 g/mol. The summed E-state index contributed by atoms with van der Waals surface area (Å²) in [5.41, 5.74) is -1.38. The standard InChI is InChI=1S/2C13H23NO4.C9H12/c2*1-5-6-13(10(15)16)7-8-14(9-13)11(17)18-12(2,3)4;1-8(2)9-6-4-3-5-7-9/h2*5-9H2,1-4H3,(H,15,16);3-8H,1-2H3/p-1/t13-;;/m0../s1. The molecule has 1 unspecified atom stereocenters. The van der Waals surface area contributed by atoms with Gasteiger partial charge in [0.25, 0.3) is 0 Å². The molecule has 1 N–H and O–H groups in total. The molecule has 0 bridgehead atoms. The third-order valence-corrected chi connectivity index (χ3v) is 7.82. The first-order valence-electron chi connectivity index (χ1n) is 16.2. The molecule has 256 valence electrons. The number of benzene rings is 1. The van der Waals surface area contributed by atoms with Crippen molar-refractivity contribution in [1.82, 2.24) is 9.80 Å². The normalized spacial score (nSPS) is 21.3. The SMILES string of the molecule is CC(C)c1ccccc1.CCCC1(C(=O)O)CCN(C(=O)OC(C)(C)C)C1.CCC[C@]1(C(=O)[O-])CCN(C(=O)OC(C)(C)C)C1. The molecule has 45 heavy (non-hydrogen) atoms. The molecular weight excluding hydrogens is 576 g/mol. The predicted octanol–water partition coefficient (Wildman–Crippen LogP) is 6.47. The van der Waals surface area contributed by atoms with Crippen molar-refractivity contribution in [3.8, 4) is 0 Å². The third-order valence-electron chi connectivity index (χ3n) is 7.82. The molecule has 2 aliphatic heterocycles. The van der Waals surface area contributed by atoms with Crippen LogP contribution in [0.4, 0.5) is 9.59 Å². The maximum Gasteiger partial charge on any atom is 0.410 e. The van der Waals surface area contributed by atoms with E-state index in [-0.39, 0.29) is 13.1 Å². The number of carbonyl (C=O) groups excluding carboxylic acids is 3. The molecule has 0 aliphatic carbocycles. The van der Waals surface area contributed by atoms with Gasteiger partial charge < -0.3 is 34.3 Å². The van der Waals surface area contributed by atoms with E-state index in [4.69, 9.17) is 9.47 Å². The number of carbonyl (C=O) groups is 4. The summed E-state index contributed by atoms with van der Waals surface area (Å²) in [6.07, 6.45) is 2.79. The number of hydrogen-bond donors (Lipinski definition) is 1. The summed E-state index contributed by atoms with van der Waals surface area (Å²) >= 11 is 0. The summed E-state index contributed by atoms with van der Waals surface area (Å²) in [7, 11) is 0. The maximum absolute atomic E-state index is 11.9. The summed E-state index contributed by atoms with van der Waals surface area (Å²) in [6.45, 7) is 20.4. The van der Waals surface area contributed by atoms with Crippen LogP contribution in [0.5, 0.6) is 0 Å². The Labute approximate surface area is 270 Å². The summed E-state index contributed by atoms with van der Waals surface area (Å²) in [5.74, 6) is -1.21. The van der Waals surface area contributed by atoms with Crippen LogP contribution in [0.15, 0.2) is 30.3 Å². The minimum atomic E-state index is -1.06. The van der Waals surface area contributed by atoms with Crippen molar-refractivity contribution in [1.29, 1.82) is 0 Å². The van der Waals surface area contributed by atoms with Gasteiger partial charge in [0.05, 0.1) is 5.41 Å². The van der Waals surface area contributed by atoms with E-state index in [0.717, 1.165) is 12.8 Å². The molecule has 2 fully saturated rings. The van der Waals surface area contributed by atoms with Crippen molar-refractivity contribution >= 4 is 24.1 Å². The molecule has 2 atom stereocenters. The minimum absolute atomic E-state index is 0.193. The van der Waals surface area contributed by atoms with Gasteiger partial charge in [-0.15, -0.1) is 0 Å². The van der Waals surface area contributed by atoms with Crippen LogP contribution in [0.2, 0.25) is 0 Å². The van der Waals surface area contributed by atoms with Crippen LogP contribution in [0.1, 0.15) is 119 Å². The number of hydrogen-bond acceptors (Lipinski definition) is 7. The zero-order chi connectivity index (χ0) is 34.6. The Balaban J connectivity index is 0.000000356. The predicted molar refractivity (Wildman–Crippen MR) is 173 cm³/mol. The van der Waals surface area contributed by atoms with E-state index in [0.29, 0.717) is 44.7 Å². The Bertz CT molecular complexity index is 1040. The Morgan fingerprint density at radius 1 is 0.800 bits per heavy atom. The van der Waals surface area contributed by atoms with Gasteiger partial charge in [0.15, 0.2) is 0 Å². The number of amides is 2. The zero-order valence-electron chi connectivity index (χ0n) is 29.2. The van der Waals surface area contributed by atoms with Gasteiger partial charge in [-0.2, -0.15) is 0 Å². The second-order valence-corrected chi connectivity index (χ2v) is 14.5. The van der Waals surface area contributed by atoms with Gasteiger partial charge in [0, 0.05) is 37.6 Å². The highest BCUT2D eigenvalue weighted by Crippen LogP contribution is 2.37. The van der Waals surface area contributed by atoms with Crippen LogP contribution in [0.25, 0.3) is 0 Å². The topological polar surface area (TPSA) is 137 Å². The second kappa shape index (κ2) is 16.9. The lowest BCUT2D eigenvalue weighted by Gasteiger charge is -2.30. The zero-order valence-corrected chi connectivity index (χ0v) is 29.2. The molecule has 2 amide bonds. The number of carboxylic acids is 2. The van der Waals surface area contributed by atoms with Crippen molar-refractivity contribution < 1.29 is 38.9 Å². The Morgan fingerprint density at radius 2 is 1.20 bits per heavy atom. The van der Waals surface area contributed by atoms with Gasteiger partial charge in [-0.1, -0.05) is 70.9 Å². The lowest BCUT2D eigenvalue weighted by molar-refractivity contribution is -0.319. The third kappa shape index (κ3) is 12.9. The lowest BCUT2D eigenvalue weighted by atomic mass is 9.83. The van der Waals surface area contributed by atoms with Gasteiger partial charge in [0.2, 0.25) is 0 Å². The minimum Gasteiger partial charge on any atom is -0.549 e. The van der Waals surface area contributed by atoms with Crippen LogP contribution in [-0.4, -0.2) is 76.4 Å². The number of rotatable bonds is 7. The molecule has 3 rings (SSSR count). The lowest BCUT2D eigenvalue weighted by Crippen LogP contribution is -2.45. The van der Waals surface area contributed by atoms with Crippen molar-refractivity contribution in [3.63, 3.8) is 0 Å². The second-order valence-electron chi connectivity index (χ2n) is 14.5. The van der Waals surface area contributed by atoms with E-state index >= 15 is 0 Å². The van der Waals surface area contributed by atoms with Crippen molar-refractivity contribution in [2.75, 3.05) is 26.2 Å². The number of likely N-dealkylation sites (tertiary alicyclic amines) is 2. The molecule has 0 radical (unpaired) electrons. The molecule has 10 heteroatoms. The number of nitrogens with zero attached hydrogens (tertiary/aromatic N) is 2. The molecule has 1 aromatic rings. The van der Waals surface area contributed by atoms with Crippen LogP contribution in [-0.2, 0) is 19.1 Å². The first-order chi connectivity index (χ1) is 20.7. The van der Waals surface area contributed by atoms with E-state index in [1.165, 1.54) is 15.4 Å². The van der Waals surface area contributed by atoms with Crippen molar-refractivity contribution in [2.24, 2.45) is 10.8 Å². The van der Waals surface area contributed by atoms with E-state index in [2.05, 4.69) is 38.1 Å². The highest BCUT2D eigenvalue weighted by molar-refractivity contribution is 5.78. The van der Waals surface area contributed by atoms with Gasteiger partial charge in [-0.3, -0.25) is 4.79 Å². The first kappa shape index (κ1) is 39.7. The Kier molecular flexibility index (Phi) is 14.9. The van der Waals surface area contributed by atoms with Crippen molar-refractivity contribution in [2.45, 2.75) is 125 Å². The Morgan fingerprint density at radius 3 is 1.53 bits per heavy atom. The maximum atomic E-state index is 11.9. The van der Waals surface area contributed by atoms with E-state index in [1.807, 2.05) is 19.9 Å². The summed E-state index contributed by atoms with van der Waals surface area (Å²) in [4.78, 5) is 49.4. The highest BCUT2D eigenvalue weighted by Gasteiger charge is 2.46. The molecular formula is C35H57N2O8-. The quantitative estimate of drug-likeness (QED) is 0.361. The van der Waals surface area contributed by atoms with E-state index in [1.54, 1.807) is 41.5 Å². The fourth-order valence-electron chi connectivity index (χ4n) is 5.46. The molecule has 10 nitrogen and oxygen atoms in total. The average molecular weight is 634 g/mol. The Hall–Kier alpha value is -3.30. The van der Waals surface area contributed by atoms with E-state index < -0.39 is 46.2 Å². The molecule has 2 aliphatic rings. The molecule has 0 aromatic heterocycles. The van der Waals surface area contributed by atoms with E-state index in [9.17, 15) is 29.4 Å². The number of carboxylic acid groups (broad SMARTS) is 2. The van der Waals surface area contributed by atoms with Gasteiger partial charge in [-0.25, -0.2) is 9.59 Å². The van der Waals surface area contributed by atoms with Gasteiger partial charge in [0.1, 0.15) is 11.2 Å². The molecule has 2 heterocycles. The fourth-order valence-corrected chi connectivity index (χ4v) is 5.46. The van der Waals surface area contributed by atoms with Crippen molar-refractivity contribution in [3.05, 3.63) is 35.9 Å². The molecule has 0 saturated carbocycles. The average Bonchev–Trinajstić information content (AvgIpc) is 3.56. The van der Waals surface area contributed by atoms with Crippen LogP contribution >= 0.6 is 0 Å². The molecule has 1 aromatic carbocycles. The smallest absolute Gasteiger partial charge is 0.410 e. The first-order valence-corrected chi connectivity index (χ1v) is 16.2. The highest BCUT2D eigenvalue weighted by atomic mass is 16.6. The summed E-state index contributed by atoms with van der Waals surface area (Å²) in [6, 6.07) is 10.5. The van der Waals surface area contributed by atoms with Crippen LogP contribution in [0, 0.1) is 10.8 Å². The molecule has 2 saturated heterocycles. The largest absolute Gasteiger partial charge is 0.549 e. The summed E-state index contributed by atoms with van der Waals surface area (Å²) in [5, 5.41) is 20.6. The van der Waals surface area contributed by atoms with Crippen LogP contribution in [0.3, 0.4) is 0 Å².